The average Bonchev–Trinajstić information content (AvgIpc) is 2.15. The molecule has 0 aliphatic rings. The van der Waals surface area contributed by atoms with Gasteiger partial charge in [-0.05, 0) is 24.0 Å². The maximum Gasteiger partial charge on any atom is 0.433 e. The molecule has 0 spiro atoms. The molecule has 0 radical (unpaired) electrons. The standard InChI is InChI=1S/C11H13F4N/c1-4-8-10(12)7(6(2)3)5-9(16-8)11(13,14)15/h5-6H,4H2,1-3H3. The summed E-state index contributed by atoms with van der Waals surface area (Å²) in [5, 5.41) is 0. The minimum atomic E-state index is -4.53. The van der Waals surface area contributed by atoms with Crippen molar-refractivity contribution in [1.29, 1.82) is 0 Å². The zero-order chi connectivity index (χ0) is 12.5. The van der Waals surface area contributed by atoms with Gasteiger partial charge >= 0.3 is 6.18 Å². The fourth-order valence-electron chi connectivity index (χ4n) is 1.40. The first kappa shape index (κ1) is 12.9. The van der Waals surface area contributed by atoms with E-state index in [2.05, 4.69) is 4.98 Å². The molecule has 0 aliphatic heterocycles. The van der Waals surface area contributed by atoms with Crippen molar-refractivity contribution >= 4 is 0 Å². The van der Waals surface area contributed by atoms with Gasteiger partial charge in [0.1, 0.15) is 11.5 Å². The lowest BCUT2D eigenvalue weighted by Crippen LogP contribution is -2.13. The van der Waals surface area contributed by atoms with E-state index in [1.165, 1.54) is 0 Å². The molecule has 16 heavy (non-hydrogen) atoms. The van der Waals surface area contributed by atoms with Gasteiger partial charge in [-0.15, -0.1) is 0 Å². The predicted octanol–water partition coefficient (Wildman–Crippen LogP) is 3.93. The number of hydrogen-bond donors (Lipinski definition) is 0. The Kier molecular flexibility index (Phi) is 3.55. The molecule has 1 nitrogen and oxygen atoms in total. The topological polar surface area (TPSA) is 12.9 Å². The predicted molar refractivity (Wildman–Crippen MR) is 52.7 cm³/mol. The fourth-order valence-corrected chi connectivity index (χ4v) is 1.40. The molecule has 0 aromatic carbocycles. The smallest absolute Gasteiger partial charge is 0.245 e. The Hall–Kier alpha value is -1.13. The van der Waals surface area contributed by atoms with Crippen LogP contribution < -0.4 is 0 Å². The van der Waals surface area contributed by atoms with Crippen molar-refractivity contribution in [2.24, 2.45) is 0 Å². The Bertz CT molecular complexity index is 382. The monoisotopic (exact) mass is 235 g/mol. The third kappa shape index (κ3) is 2.51. The second-order valence-corrected chi connectivity index (χ2v) is 3.86. The second kappa shape index (κ2) is 4.39. The number of alkyl halides is 3. The lowest BCUT2D eigenvalue weighted by Gasteiger charge is -2.14. The number of aryl methyl sites for hydroxylation is 1. The summed E-state index contributed by atoms with van der Waals surface area (Å²) in [4.78, 5) is 3.31. The Morgan fingerprint density at radius 3 is 2.25 bits per heavy atom. The number of hydrogen-bond acceptors (Lipinski definition) is 1. The molecule has 1 aromatic rings. The summed E-state index contributed by atoms with van der Waals surface area (Å²) in [6.07, 6.45) is -4.38. The van der Waals surface area contributed by atoms with Gasteiger partial charge in [-0.2, -0.15) is 13.2 Å². The average molecular weight is 235 g/mol. The molecule has 90 valence electrons. The highest BCUT2D eigenvalue weighted by Crippen LogP contribution is 2.31. The molecule has 0 N–H and O–H groups in total. The van der Waals surface area contributed by atoms with Gasteiger partial charge in [-0.25, -0.2) is 9.37 Å². The van der Waals surface area contributed by atoms with Crippen LogP contribution in [0.1, 0.15) is 43.6 Å². The maximum absolute atomic E-state index is 13.7. The Morgan fingerprint density at radius 1 is 1.31 bits per heavy atom. The highest BCUT2D eigenvalue weighted by Gasteiger charge is 2.34. The van der Waals surface area contributed by atoms with Gasteiger partial charge in [0.15, 0.2) is 0 Å². The lowest BCUT2D eigenvalue weighted by atomic mass is 10.0. The normalized spacial score (nSPS) is 12.2. The highest BCUT2D eigenvalue weighted by molar-refractivity contribution is 5.27. The fraction of sp³-hybridized carbons (Fsp3) is 0.545. The third-order valence-corrected chi connectivity index (χ3v) is 2.30. The van der Waals surface area contributed by atoms with E-state index >= 15 is 0 Å². The third-order valence-electron chi connectivity index (χ3n) is 2.30. The summed E-state index contributed by atoms with van der Waals surface area (Å²) in [6, 6.07) is 0.791. The molecule has 0 fully saturated rings. The summed E-state index contributed by atoms with van der Waals surface area (Å²) in [6.45, 7) is 4.88. The minimum Gasteiger partial charge on any atom is -0.245 e. The number of rotatable bonds is 2. The molecule has 0 atom stereocenters. The van der Waals surface area contributed by atoms with E-state index in [-0.39, 0.29) is 23.6 Å². The molecule has 0 saturated heterocycles. The van der Waals surface area contributed by atoms with E-state index in [1.807, 2.05) is 0 Å². The first-order valence-electron chi connectivity index (χ1n) is 5.03. The van der Waals surface area contributed by atoms with Crippen LogP contribution in [0.25, 0.3) is 0 Å². The Morgan fingerprint density at radius 2 is 1.88 bits per heavy atom. The second-order valence-electron chi connectivity index (χ2n) is 3.86. The van der Waals surface area contributed by atoms with Gasteiger partial charge < -0.3 is 0 Å². The van der Waals surface area contributed by atoms with E-state index < -0.39 is 17.7 Å². The highest BCUT2D eigenvalue weighted by atomic mass is 19.4. The van der Waals surface area contributed by atoms with Crippen molar-refractivity contribution in [1.82, 2.24) is 4.98 Å². The summed E-state index contributed by atoms with van der Waals surface area (Å²) in [5.41, 5.74) is -1.08. The quantitative estimate of drug-likeness (QED) is 0.708. The zero-order valence-electron chi connectivity index (χ0n) is 9.32. The molecule has 5 heteroatoms. The van der Waals surface area contributed by atoms with Gasteiger partial charge in [0, 0.05) is 0 Å². The van der Waals surface area contributed by atoms with E-state index in [4.69, 9.17) is 0 Å². The van der Waals surface area contributed by atoms with E-state index in [1.54, 1.807) is 20.8 Å². The lowest BCUT2D eigenvalue weighted by molar-refractivity contribution is -0.141. The Labute approximate surface area is 91.5 Å². The van der Waals surface area contributed by atoms with Gasteiger partial charge in [0.05, 0.1) is 5.69 Å². The van der Waals surface area contributed by atoms with Crippen LogP contribution in [0.5, 0.6) is 0 Å². The Balaban J connectivity index is 3.40. The van der Waals surface area contributed by atoms with Crippen molar-refractivity contribution in [2.75, 3.05) is 0 Å². The zero-order valence-corrected chi connectivity index (χ0v) is 9.32. The van der Waals surface area contributed by atoms with E-state index in [9.17, 15) is 17.6 Å². The van der Waals surface area contributed by atoms with Crippen molar-refractivity contribution in [3.05, 3.63) is 28.8 Å². The molecule has 0 unspecified atom stereocenters. The summed E-state index contributed by atoms with van der Waals surface area (Å²) in [5.74, 6) is -0.917. The summed E-state index contributed by atoms with van der Waals surface area (Å²) < 4.78 is 51.1. The van der Waals surface area contributed by atoms with Crippen LogP contribution in [-0.4, -0.2) is 4.98 Å². The largest absolute Gasteiger partial charge is 0.433 e. The van der Waals surface area contributed by atoms with Crippen molar-refractivity contribution in [3.8, 4) is 0 Å². The number of aromatic nitrogens is 1. The van der Waals surface area contributed by atoms with Crippen LogP contribution in [0.3, 0.4) is 0 Å². The van der Waals surface area contributed by atoms with Crippen LogP contribution in [0.15, 0.2) is 6.07 Å². The SMILES string of the molecule is CCc1nc(C(F)(F)F)cc(C(C)C)c1F. The molecular weight excluding hydrogens is 222 g/mol. The van der Waals surface area contributed by atoms with E-state index in [0.717, 1.165) is 6.07 Å². The van der Waals surface area contributed by atoms with Crippen molar-refractivity contribution < 1.29 is 17.6 Å². The van der Waals surface area contributed by atoms with Crippen LogP contribution in [0.2, 0.25) is 0 Å². The molecule has 0 aliphatic carbocycles. The molecule has 0 saturated carbocycles. The van der Waals surface area contributed by atoms with Crippen LogP contribution in [0, 0.1) is 5.82 Å². The van der Waals surface area contributed by atoms with Crippen molar-refractivity contribution in [3.63, 3.8) is 0 Å². The van der Waals surface area contributed by atoms with Crippen LogP contribution in [-0.2, 0) is 12.6 Å². The molecule has 1 aromatic heterocycles. The number of pyridine rings is 1. The molecular formula is C11H13F4N. The van der Waals surface area contributed by atoms with Gasteiger partial charge in [-0.1, -0.05) is 20.8 Å². The van der Waals surface area contributed by atoms with Crippen LogP contribution in [0.4, 0.5) is 17.6 Å². The van der Waals surface area contributed by atoms with Gasteiger partial charge in [0.25, 0.3) is 0 Å². The first-order chi connectivity index (χ1) is 7.27. The number of nitrogens with zero attached hydrogens (tertiary/aromatic N) is 1. The molecule has 0 bridgehead atoms. The summed E-state index contributed by atoms with van der Waals surface area (Å²) >= 11 is 0. The van der Waals surface area contributed by atoms with Crippen LogP contribution >= 0.6 is 0 Å². The number of halogens is 4. The van der Waals surface area contributed by atoms with Gasteiger partial charge in [-0.3, -0.25) is 0 Å². The van der Waals surface area contributed by atoms with Crippen molar-refractivity contribution in [2.45, 2.75) is 39.3 Å². The first-order valence-corrected chi connectivity index (χ1v) is 5.03. The summed E-state index contributed by atoms with van der Waals surface area (Å²) in [7, 11) is 0. The van der Waals surface area contributed by atoms with Gasteiger partial charge in [0.2, 0.25) is 0 Å². The molecule has 1 heterocycles. The minimum absolute atomic E-state index is 0.0687. The maximum atomic E-state index is 13.7. The molecule has 1 rings (SSSR count). The molecule has 0 amide bonds. The van der Waals surface area contributed by atoms with E-state index in [0.29, 0.717) is 0 Å².